The van der Waals surface area contributed by atoms with E-state index >= 15 is 0 Å². The van der Waals surface area contributed by atoms with Crippen LogP contribution in [0.3, 0.4) is 0 Å². The molecule has 0 bridgehead atoms. The predicted molar refractivity (Wildman–Crippen MR) is 68.0 cm³/mol. The average Bonchev–Trinajstić information content (AvgIpc) is 2.36. The number of nitrogens with one attached hydrogen (secondary N) is 1. The molecule has 0 amide bonds. The molecule has 1 aliphatic heterocycles. The standard InChI is InChI=1S/C12H20N4O/c1-3-10-15-11(13)8(2)12(16-10)14-9-5-4-6-17-7-9/h9H,3-7H2,1-2H3,(H3,13,14,15,16). The number of nitrogens with zero attached hydrogens (tertiary/aromatic N) is 2. The fourth-order valence-electron chi connectivity index (χ4n) is 1.93. The lowest BCUT2D eigenvalue weighted by atomic mass is 10.1. The summed E-state index contributed by atoms with van der Waals surface area (Å²) < 4.78 is 5.44. The van der Waals surface area contributed by atoms with Crippen LogP contribution in [0.15, 0.2) is 0 Å². The number of aryl methyl sites for hydroxylation is 1. The van der Waals surface area contributed by atoms with E-state index in [-0.39, 0.29) is 0 Å². The van der Waals surface area contributed by atoms with Crippen molar-refractivity contribution in [1.82, 2.24) is 9.97 Å². The SMILES string of the molecule is CCc1nc(N)c(C)c(NC2CCCOC2)n1. The van der Waals surface area contributed by atoms with Crippen LogP contribution in [-0.2, 0) is 11.2 Å². The quantitative estimate of drug-likeness (QED) is 0.832. The van der Waals surface area contributed by atoms with Crippen LogP contribution < -0.4 is 11.1 Å². The van der Waals surface area contributed by atoms with Crippen molar-refractivity contribution in [3.05, 3.63) is 11.4 Å². The van der Waals surface area contributed by atoms with Gasteiger partial charge in [0.2, 0.25) is 0 Å². The van der Waals surface area contributed by atoms with Gasteiger partial charge in [-0.2, -0.15) is 0 Å². The first-order valence-electron chi connectivity index (χ1n) is 6.18. The van der Waals surface area contributed by atoms with Gasteiger partial charge in [0, 0.05) is 18.6 Å². The number of rotatable bonds is 3. The Balaban J connectivity index is 2.15. The molecule has 0 radical (unpaired) electrons. The Bertz CT molecular complexity index is 388. The fourth-order valence-corrected chi connectivity index (χ4v) is 1.93. The van der Waals surface area contributed by atoms with E-state index in [1.165, 1.54) is 0 Å². The average molecular weight is 236 g/mol. The fraction of sp³-hybridized carbons (Fsp3) is 0.667. The van der Waals surface area contributed by atoms with Crippen LogP contribution in [0.4, 0.5) is 11.6 Å². The lowest BCUT2D eigenvalue weighted by Crippen LogP contribution is -2.31. The minimum atomic E-state index is 0.335. The summed E-state index contributed by atoms with van der Waals surface area (Å²) in [6, 6.07) is 0.335. The molecular formula is C12H20N4O. The molecule has 0 saturated carbocycles. The Morgan fingerprint density at radius 3 is 2.94 bits per heavy atom. The minimum absolute atomic E-state index is 0.335. The third-order valence-corrected chi connectivity index (χ3v) is 3.05. The molecule has 1 aromatic rings. The molecule has 1 aliphatic rings. The number of hydrogen-bond donors (Lipinski definition) is 2. The Kier molecular flexibility index (Phi) is 3.78. The first-order chi connectivity index (χ1) is 8.20. The van der Waals surface area contributed by atoms with Crippen molar-refractivity contribution in [3.63, 3.8) is 0 Å². The topological polar surface area (TPSA) is 73.1 Å². The van der Waals surface area contributed by atoms with Gasteiger partial charge in [-0.25, -0.2) is 9.97 Å². The van der Waals surface area contributed by atoms with Gasteiger partial charge >= 0.3 is 0 Å². The zero-order chi connectivity index (χ0) is 12.3. The Morgan fingerprint density at radius 1 is 1.47 bits per heavy atom. The highest BCUT2D eigenvalue weighted by molar-refractivity contribution is 5.55. The monoisotopic (exact) mass is 236 g/mol. The molecule has 1 fully saturated rings. The van der Waals surface area contributed by atoms with Crippen LogP contribution in [0.2, 0.25) is 0 Å². The van der Waals surface area contributed by atoms with Gasteiger partial charge in [-0.05, 0) is 19.8 Å². The van der Waals surface area contributed by atoms with Crippen LogP contribution in [0.5, 0.6) is 0 Å². The van der Waals surface area contributed by atoms with Crippen LogP contribution in [0.25, 0.3) is 0 Å². The van der Waals surface area contributed by atoms with Crippen molar-refractivity contribution >= 4 is 11.6 Å². The molecule has 2 rings (SSSR count). The third-order valence-electron chi connectivity index (χ3n) is 3.05. The molecule has 1 unspecified atom stereocenters. The Morgan fingerprint density at radius 2 is 2.29 bits per heavy atom. The highest BCUT2D eigenvalue weighted by atomic mass is 16.5. The van der Waals surface area contributed by atoms with E-state index in [4.69, 9.17) is 10.5 Å². The van der Waals surface area contributed by atoms with Crippen molar-refractivity contribution in [2.24, 2.45) is 0 Å². The van der Waals surface area contributed by atoms with E-state index in [1.54, 1.807) is 0 Å². The minimum Gasteiger partial charge on any atom is -0.383 e. The van der Waals surface area contributed by atoms with Gasteiger partial charge in [0.25, 0.3) is 0 Å². The maximum atomic E-state index is 5.88. The molecule has 1 saturated heterocycles. The van der Waals surface area contributed by atoms with Gasteiger partial charge in [0.1, 0.15) is 17.5 Å². The Hall–Kier alpha value is -1.36. The number of hydrogen-bond acceptors (Lipinski definition) is 5. The van der Waals surface area contributed by atoms with E-state index in [0.717, 1.165) is 49.7 Å². The third kappa shape index (κ3) is 2.85. The summed E-state index contributed by atoms with van der Waals surface area (Å²) in [5.74, 6) is 2.20. The smallest absolute Gasteiger partial charge is 0.135 e. The van der Waals surface area contributed by atoms with E-state index < -0.39 is 0 Å². The zero-order valence-electron chi connectivity index (χ0n) is 10.5. The van der Waals surface area contributed by atoms with Crippen LogP contribution >= 0.6 is 0 Å². The second-order valence-electron chi connectivity index (χ2n) is 4.41. The first kappa shape index (κ1) is 12.1. The van der Waals surface area contributed by atoms with E-state index in [0.29, 0.717) is 11.9 Å². The lowest BCUT2D eigenvalue weighted by Gasteiger charge is -2.24. The van der Waals surface area contributed by atoms with Crippen molar-refractivity contribution in [3.8, 4) is 0 Å². The van der Waals surface area contributed by atoms with Gasteiger partial charge in [-0.3, -0.25) is 0 Å². The second kappa shape index (κ2) is 5.31. The molecule has 5 heteroatoms. The zero-order valence-corrected chi connectivity index (χ0v) is 10.5. The van der Waals surface area contributed by atoms with Crippen molar-refractivity contribution in [2.45, 2.75) is 39.2 Å². The molecule has 0 aliphatic carbocycles. The maximum absolute atomic E-state index is 5.88. The first-order valence-corrected chi connectivity index (χ1v) is 6.18. The number of nitrogens with two attached hydrogens (primary N) is 1. The number of ether oxygens (including phenoxy) is 1. The Labute approximate surface area is 102 Å². The van der Waals surface area contributed by atoms with Crippen molar-refractivity contribution < 1.29 is 4.74 Å². The molecule has 3 N–H and O–H groups in total. The predicted octanol–water partition coefficient (Wildman–Crippen LogP) is 1.52. The number of aromatic nitrogens is 2. The maximum Gasteiger partial charge on any atom is 0.135 e. The number of nitrogen functional groups attached to an aromatic ring is 1. The lowest BCUT2D eigenvalue weighted by molar-refractivity contribution is 0.0875. The molecule has 0 spiro atoms. The normalized spacial score (nSPS) is 20.2. The summed E-state index contributed by atoms with van der Waals surface area (Å²) >= 11 is 0. The number of anilines is 2. The molecule has 17 heavy (non-hydrogen) atoms. The van der Waals surface area contributed by atoms with Gasteiger partial charge in [-0.15, -0.1) is 0 Å². The summed E-state index contributed by atoms with van der Waals surface area (Å²) in [6.07, 6.45) is 3.00. The van der Waals surface area contributed by atoms with Crippen LogP contribution in [0, 0.1) is 6.92 Å². The molecule has 0 aromatic carbocycles. The van der Waals surface area contributed by atoms with Gasteiger partial charge in [-0.1, -0.05) is 6.92 Å². The highest BCUT2D eigenvalue weighted by Gasteiger charge is 2.16. The summed E-state index contributed by atoms with van der Waals surface area (Å²) in [7, 11) is 0. The van der Waals surface area contributed by atoms with Gasteiger partial charge in [0.05, 0.1) is 12.6 Å². The largest absolute Gasteiger partial charge is 0.383 e. The summed E-state index contributed by atoms with van der Waals surface area (Å²) in [6.45, 7) is 5.58. The van der Waals surface area contributed by atoms with Gasteiger partial charge in [0.15, 0.2) is 0 Å². The summed E-state index contributed by atoms with van der Waals surface area (Å²) in [4.78, 5) is 8.73. The summed E-state index contributed by atoms with van der Waals surface area (Å²) in [5, 5.41) is 3.41. The van der Waals surface area contributed by atoms with Gasteiger partial charge < -0.3 is 15.8 Å². The van der Waals surface area contributed by atoms with Crippen molar-refractivity contribution in [2.75, 3.05) is 24.3 Å². The van der Waals surface area contributed by atoms with E-state index in [2.05, 4.69) is 15.3 Å². The molecular weight excluding hydrogens is 216 g/mol. The summed E-state index contributed by atoms with van der Waals surface area (Å²) in [5.41, 5.74) is 6.80. The molecule has 94 valence electrons. The molecule has 2 heterocycles. The molecule has 5 nitrogen and oxygen atoms in total. The van der Waals surface area contributed by atoms with E-state index in [1.807, 2.05) is 13.8 Å². The highest BCUT2D eigenvalue weighted by Crippen LogP contribution is 2.20. The van der Waals surface area contributed by atoms with Crippen LogP contribution in [-0.4, -0.2) is 29.2 Å². The van der Waals surface area contributed by atoms with E-state index in [9.17, 15) is 0 Å². The van der Waals surface area contributed by atoms with Crippen molar-refractivity contribution in [1.29, 1.82) is 0 Å². The second-order valence-corrected chi connectivity index (χ2v) is 4.41. The molecule has 1 atom stereocenters. The van der Waals surface area contributed by atoms with Crippen LogP contribution in [0.1, 0.15) is 31.2 Å². The molecule has 1 aromatic heterocycles.